The van der Waals surface area contributed by atoms with Crippen LogP contribution in [-0.2, 0) is 17.8 Å². The Labute approximate surface area is 166 Å². The number of ether oxygens (including phenoxy) is 1. The van der Waals surface area contributed by atoms with Crippen LogP contribution >= 0.6 is 22.9 Å². The maximum absolute atomic E-state index is 12.3. The van der Waals surface area contributed by atoms with Gasteiger partial charge in [0.2, 0.25) is 5.91 Å². The number of nitrogens with zero attached hydrogens (tertiary/aromatic N) is 3. The fourth-order valence-electron chi connectivity index (χ4n) is 2.40. The molecule has 0 saturated carbocycles. The Morgan fingerprint density at radius 1 is 1.15 bits per heavy atom. The number of carbonyl (C=O) groups excluding carboxylic acids is 1. The van der Waals surface area contributed by atoms with Crippen LogP contribution < -0.4 is 10.1 Å². The molecule has 0 aliphatic heterocycles. The Hall–Kier alpha value is -2.51. The van der Waals surface area contributed by atoms with Crippen molar-refractivity contribution >= 4 is 34.7 Å². The largest absolute Gasteiger partial charge is 0.486 e. The highest BCUT2D eigenvalue weighted by Gasteiger charge is 2.12. The lowest BCUT2D eigenvalue weighted by molar-refractivity contribution is -0.115. The number of hydrogen-bond acceptors (Lipinski definition) is 6. The summed E-state index contributed by atoms with van der Waals surface area (Å²) < 4.78 is 5.67. The van der Waals surface area contributed by atoms with E-state index in [1.54, 1.807) is 31.2 Å². The molecule has 0 radical (unpaired) electrons. The van der Waals surface area contributed by atoms with Crippen LogP contribution in [0.15, 0.2) is 29.6 Å². The molecule has 0 aliphatic carbocycles. The third kappa shape index (κ3) is 5.24. The first-order valence-electron chi connectivity index (χ1n) is 8.34. The average Bonchev–Trinajstić information content (AvgIpc) is 3.06. The summed E-state index contributed by atoms with van der Waals surface area (Å²) in [7, 11) is 0. The van der Waals surface area contributed by atoms with E-state index < -0.39 is 0 Å². The van der Waals surface area contributed by atoms with Gasteiger partial charge in [0.25, 0.3) is 0 Å². The number of aryl methyl sites for hydroxylation is 2. The van der Waals surface area contributed by atoms with Gasteiger partial charge in [-0.2, -0.15) is 0 Å². The van der Waals surface area contributed by atoms with Crippen molar-refractivity contribution in [1.82, 2.24) is 15.0 Å². The maximum Gasteiger partial charge on any atom is 0.231 e. The second kappa shape index (κ2) is 8.45. The summed E-state index contributed by atoms with van der Waals surface area (Å²) >= 11 is 7.31. The van der Waals surface area contributed by atoms with Crippen LogP contribution in [-0.4, -0.2) is 20.9 Å². The second-order valence-electron chi connectivity index (χ2n) is 6.03. The Morgan fingerprint density at radius 2 is 1.89 bits per heavy atom. The molecule has 0 bridgehead atoms. The molecule has 8 heteroatoms. The molecule has 0 spiro atoms. The molecule has 27 heavy (non-hydrogen) atoms. The van der Waals surface area contributed by atoms with E-state index in [-0.39, 0.29) is 12.3 Å². The number of rotatable bonds is 6. The van der Waals surface area contributed by atoms with Gasteiger partial charge >= 0.3 is 0 Å². The van der Waals surface area contributed by atoms with E-state index in [9.17, 15) is 4.79 Å². The van der Waals surface area contributed by atoms with Crippen LogP contribution in [0.2, 0.25) is 5.02 Å². The summed E-state index contributed by atoms with van der Waals surface area (Å²) in [5.41, 5.74) is 2.42. The highest BCUT2D eigenvalue weighted by atomic mass is 35.5. The lowest BCUT2D eigenvalue weighted by Gasteiger charge is -2.09. The SMILES string of the molecule is Cc1nc(C)c(C)c(NC(=O)Cc2csc(COc3ccc(Cl)cc3)n2)n1. The van der Waals surface area contributed by atoms with Crippen LogP contribution in [0.3, 0.4) is 0 Å². The summed E-state index contributed by atoms with van der Waals surface area (Å²) in [5.74, 6) is 1.74. The smallest absolute Gasteiger partial charge is 0.231 e. The fraction of sp³-hybridized carbons (Fsp3) is 0.263. The predicted octanol–water partition coefficient (Wildman–Crippen LogP) is 4.27. The molecule has 2 aromatic heterocycles. The van der Waals surface area contributed by atoms with Gasteiger partial charge in [-0.25, -0.2) is 15.0 Å². The molecule has 0 aliphatic rings. The summed E-state index contributed by atoms with van der Waals surface area (Å²) in [4.78, 5) is 25.4. The van der Waals surface area contributed by atoms with Crippen molar-refractivity contribution in [3.8, 4) is 5.75 Å². The molecule has 1 N–H and O–H groups in total. The number of carbonyl (C=O) groups is 1. The van der Waals surface area contributed by atoms with Crippen LogP contribution in [0.1, 0.15) is 27.8 Å². The molecule has 140 valence electrons. The van der Waals surface area contributed by atoms with Crippen LogP contribution in [0.4, 0.5) is 5.82 Å². The first-order chi connectivity index (χ1) is 12.9. The van der Waals surface area contributed by atoms with Crippen LogP contribution in [0.25, 0.3) is 0 Å². The van der Waals surface area contributed by atoms with Crippen molar-refractivity contribution in [2.45, 2.75) is 33.8 Å². The maximum atomic E-state index is 12.3. The minimum Gasteiger partial charge on any atom is -0.486 e. The minimum absolute atomic E-state index is 0.161. The molecule has 2 heterocycles. The van der Waals surface area contributed by atoms with E-state index >= 15 is 0 Å². The normalized spacial score (nSPS) is 10.7. The van der Waals surface area contributed by atoms with Crippen LogP contribution in [0.5, 0.6) is 5.75 Å². The van der Waals surface area contributed by atoms with Crippen molar-refractivity contribution in [2.75, 3.05) is 5.32 Å². The highest BCUT2D eigenvalue weighted by Crippen LogP contribution is 2.19. The third-order valence-corrected chi connectivity index (χ3v) is 5.00. The van der Waals surface area contributed by atoms with Gasteiger partial charge in [0.1, 0.15) is 29.0 Å². The molecule has 0 fully saturated rings. The summed E-state index contributed by atoms with van der Waals surface area (Å²) in [6.07, 6.45) is 0.180. The topological polar surface area (TPSA) is 77.0 Å². The number of anilines is 1. The first kappa shape index (κ1) is 19.3. The Bertz CT molecular complexity index is 957. The number of benzene rings is 1. The lowest BCUT2D eigenvalue weighted by atomic mass is 10.2. The van der Waals surface area contributed by atoms with Crippen molar-refractivity contribution in [3.63, 3.8) is 0 Å². The number of nitrogens with one attached hydrogen (secondary N) is 1. The fourth-order valence-corrected chi connectivity index (χ4v) is 3.23. The summed E-state index contributed by atoms with van der Waals surface area (Å²) in [6.45, 7) is 5.93. The zero-order valence-electron chi connectivity index (χ0n) is 15.2. The molecule has 0 saturated heterocycles. The monoisotopic (exact) mass is 402 g/mol. The van der Waals surface area contributed by atoms with Crippen LogP contribution in [0, 0.1) is 20.8 Å². The molecule has 1 amide bonds. The van der Waals surface area contributed by atoms with E-state index in [1.165, 1.54) is 11.3 Å². The van der Waals surface area contributed by atoms with E-state index in [1.807, 2.05) is 19.2 Å². The molecule has 1 aromatic carbocycles. The number of thiazole rings is 1. The molecule has 0 atom stereocenters. The molecular formula is C19H19ClN4O2S. The zero-order chi connectivity index (χ0) is 19.4. The summed E-state index contributed by atoms with van der Waals surface area (Å²) in [6, 6.07) is 7.15. The van der Waals surface area contributed by atoms with Gasteiger partial charge in [-0.15, -0.1) is 11.3 Å². The van der Waals surface area contributed by atoms with Crippen molar-refractivity contribution in [2.24, 2.45) is 0 Å². The van der Waals surface area contributed by atoms with Gasteiger partial charge in [-0.05, 0) is 45.0 Å². The Morgan fingerprint density at radius 3 is 2.63 bits per heavy atom. The predicted molar refractivity (Wildman–Crippen MR) is 106 cm³/mol. The van der Waals surface area contributed by atoms with Crippen molar-refractivity contribution < 1.29 is 9.53 Å². The number of aromatic nitrogens is 3. The lowest BCUT2D eigenvalue weighted by Crippen LogP contribution is -2.17. The Balaban J connectivity index is 1.57. The second-order valence-corrected chi connectivity index (χ2v) is 7.41. The quantitative estimate of drug-likeness (QED) is 0.666. The molecule has 0 unspecified atom stereocenters. The Kier molecular flexibility index (Phi) is 6.03. The first-order valence-corrected chi connectivity index (χ1v) is 9.60. The number of hydrogen-bond donors (Lipinski definition) is 1. The standard InChI is InChI=1S/C19H19ClN4O2S/c1-11-12(2)21-13(3)22-19(11)24-17(25)8-15-10-27-18(23-15)9-26-16-6-4-14(20)5-7-16/h4-7,10H,8-9H2,1-3H3,(H,21,22,24,25). The highest BCUT2D eigenvalue weighted by molar-refractivity contribution is 7.09. The summed E-state index contributed by atoms with van der Waals surface area (Å²) in [5, 5.41) is 6.17. The number of amides is 1. The van der Waals surface area contributed by atoms with Crippen molar-refractivity contribution in [3.05, 3.63) is 62.5 Å². The molecular weight excluding hydrogens is 384 g/mol. The van der Waals surface area contributed by atoms with Gasteiger partial charge in [0.15, 0.2) is 0 Å². The van der Waals surface area contributed by atoms with Gasteiger partial charge in [-0.3, -0.25) is 4.79 Å². The van der Waals surface area contributed by atoms with E-state index in [2.05, 4.69) is 20.3 Å². The van der Waals surface area contributed by atoms with Gasteiger partial charge in [0, 0.05) is 21.7 Å². The molecule has 6 nitrogen and oxygen atoms in total. The molecule has 3 aromatic rings. The minimum atomic E-state index is -0.161. The third-order valence-electron chi connectivity index (χ3n) is 3.88. The van der Waals surface area contributed by atoms with E-state index in [0.29, 0.717) is 29.0 Å². The van der Waals surface area contributed by atoms with Gasteiger partial charge in [0.05, 0.1) is 12.1 Å². The average molecular weight is 403 g/mol. The van der Waals surface area contributed by atoms with Gasteiger partial charge in [-0.1, -0.05) is 11.6 Å². The zero-order valence-corrected chi connectivity index (χ0v) is 16.8. The van der Waals surface area contributed by atoms with E-state index in [0.717, 1.165) is 22.0 Å². The number of halogens is 1. The van der Waals surface area contributed by atoms with Crippen molar-refractivity contribution in [1.29, 1.82) is 0 Å². The van der Waals surface area contributed by atoms with Gasteiger partial charge < -0.3 is 10.1 Å². The van der Waals surface area contributed by atoms with E-state index in [4.69, 9.17) is 16.3 Å². The molecule has 3 rings (SSSR count).